The number of amides is 1. The first-order valence-corrected chi connectivity index (χ1v) is 8.88. The molecule has 0 saturated carbocycles. The Morgan fingerprint density at radius 3 is 2.52 bits per heavy atom. The molecule has 1 amide bonds. The second-order valence-corrected chi connectivity index (χ2v) is 6.68. The van der Waals surface area contributed by atoms with Crippen LogP contribution in [0, 0.1) is 0 Å². The van der Waals surface area contributed by atoms with Crippen LogP contribution in [-0.4, -0.2) is 37.0 Å². The van der Waals surface area contributed by atoms with E-state index in [2.05, 4.69) is 24.3 Å². The van der Waals surface area contributed by atoms with E-state index in [0.717, 1.165) is 25.1 Å². The van der Waals surface area contributed by atoms with Crippen molar-refractivity contribution in [2.45, 2.75) is 31.2 Å². The highest BCUT2D eigenvalue weighted by molar-refractivity contribution is 5.76. The van der Waals surface area contributed by atoms with Crippen molar-refractivity contribution in [2.24, 2.45) is 5.73 Å². The molecule has 132 valence electrons. The molecule has 25 heavy (non-hydrogen) atoms. The molecule has 2 N–H and O–H groups in total. The molecule has 1 heterocycles. The maximum absolute atomic E-state index is 12.5. The van der Waals surface area contributed by atoms with Gasteiger partial charge in [-0.1, -0.05) is 42.5 Å². The second-order valence-electron chi connectivity index (χ2n) is 6.68. The number of benzene rings is 2. The van der Waals surface area contributed by atoms with Gasteiger partial charge in [-0.15, -0.1) is 0 Å². The molecule has 0 unspecified atom stereocenters. The van der Waals surface area contributed by atoms with Gasteiger partial charge in [0.15, 0.2) is 0 Å². The van der Waals surface area contributed by atoms with E-state index in [0.29, 0.717) is 13.0 Å². The Balaban J connectivity index is 1.48. The summed E-state index contributed by atoms with van der Waals surface area (Å²) in [5.41, 5.74) is 8.74. The highest BCUT2D eigenvalue weighted by atomic mass is 16.5. The predicted octanol–water partition coefficient (Wildman–Crippen LogP) is 2.97. The lowest BCUT2D eigenvalue weighted by atomic mass is 9.95. The van der Waals surface area contributed by atoms with Crippen LogP contribution in [0.25, 0.3) is 0 Å². The first kappa shape index (κ1) is 17.5. The summed E-state index contributed by atoms with van der Waals surface area (Å²) in [4.78, 5) is 14.4. The van der Waals surface area contributed by atoms with Gasteiger partial charge < -0.3 is 15.4 Å². The summed E-state index contributed by atoms with van der Waals surface area (Å²) in [6, 6.07) is 18.3. The van der Waals surface area contributed by atoms with Gasteiger partial charge in [0, 0.05) is 31.5 Å². The second kappa shape index (κ2) is 8.17. The van der Waals surface area contributed by atoms with Crippen LogP contribution in [0.1, 0.15) is 29.9 Å². The van der Waals surface area contributed by atoms with Gasteiger partial charge in [0.05, 0.1) is 7.11 Å². The Morgan fingerprint density at radius 1 is 1.12 bits per heavy atom. The molecule has 3 rings (SSSR count). The van der Waals surface area contributed by atoms with Crippen LogP contribution in [0.4, 0.5) is 0 Å². The van der Waals surface area contributed by atoms with Crippen LogP contribution in [0.15, 0.2) is 54.6 Å². The molecular weight excluding hydrogens is 312 g/mol. The zero-order valence-corrected chi connectivity index (χ0v) is 14.7. The van der Waals surface area contributed by atoms with E-state index >= 15 is 0 Å². The minimum Gasteiger partial charge on any atom is -0.497 e. The number of rotatable bonds is 6. The van der Waals surface area contributed by atoms with Crippen molar-refractivity contribution < 1.29 is 9.53 Å². The molecule has 4 nitrogen and oxygen atoms in total. The molecule has 0 radical (unpaired) electrons. The number of nitrogens with two attached hydrogens (primary N) is 1. The van der Waals surface area contributed by atoms with Gasteiger partial charge in [0.1, 0.15) is 5.75 Å². The minimum absolute atomic E-state index is 0.0212. The quantitative estimate of drug-likeness (QED) is 0.881. The summed E-state index contributed by atoms with van der Waals surface area (Å²) in [7, 11) is 1.66. The highest BCUT2D eigenvalue weighted by Crippen LogP contribution is 2.27. The van der Waals surface area contributed by atoms with Gasteiger partial charge in [0.25, 0.3) is 0 Å². The fourth-order valence-electron chi connectivity index (χ4n) is 3.48. The van der Waals surface area contributed by atoms with Crippen molar-refractivity contribution in [3.05, 3.63) is 65.7 Å². The third-order valence-corrected chi connectivity index (χ3v) is 4.96. The third-order valence-electron chi connectivity index (χ3n) is 4.96. The lowest BCUT2D eigenvalue weighted by Gasteiger charge is -2.16. The van der Waals surface area contributed by atoms with Crippen molar-refractivity contribution in [2.75, 3.05) is 20.2 Å². The van der Waals surface area contributed by atoms with Crippen LogP contribution in [0.2, 0.25) is 0 Å². The van der Waals surface area contributed by atoms with Gasteiger partial charge in [0.2, 0.25) is 5.91 Å². The van der Waals surface area contributed by atoms with Crippen LogP contribution in [-0.2, 0) is 11.2 Å². The largest absolute Gasteiger partial charge is 0.497 e. The average molecular weight is 338 g/mol. The molecule has 1 fully saturated rings. The summed E-state index contributed by atoms with van der Waals surface area (Å²) < 4.78 is 5.16. The van der Waals surface area contributed by atoms with Crippen molar-refractivity contribution in [1.82, 2.24) is 4.90 Å². The summed E-state index contributed by atoms with van der Waals surface area (Å²) in [6.45, 7) is 1.38. The van der Waals surface area contributed by atoms with Crippen LogP contribution >= 0.6 is 0 Å². The van der Waals surface area contributed by atoms with Crippen LogP contribution in [0.3, 0.4) is 0 Å². The Hall–Kier alpha value is -2.33. The average Bonchev–Trinajstić information content (AvgIpc) is 3.05. The van der Waals surface area contributed by atoms with Crippen molar-refractivity contribution in [1.29, 1.82) is 0 Å². The summed E-state index contributed by atoms with van der Waals surface area (Å²) >= 11 is 0. The molecule has 0 aliphatic carbocycles. The molecule has 1 aliphatic heterocycles. The zero-order chi connectivity index (χ0) is 17.6. The summed E-state index contributed by atoms with van der Waals surface area (Å²) in [5, 5.41) is 0. The standard InChI is InChI=1S/C21H26N2O2/c1-25-18-12-10-16(11-13-18)6-5-9-21(24)23-14-19(20(22)15-23)17-7-3-2-4-8-17/h2-4,7-8,10-13,19-20H,5-6,9,14-15,22H2,1H3/t19-,20+/m0/s1. The molecule has 1 aliphatic rings. The lowest BCUT2D eigenvalue weighted by Crippen LogP contribution is -2.32. The molecule has 2 atom stereocenters. The first-order chi connectivity index (χ1) is 12.2. The van der Waals surface area contributed by atoms with Crippen LogP contribution < -0.4 is 10.5 Å². The molecule has 0 aromatic heterocycles. The Morgan fingerprint density at radius 2 is 1.84 bits per heavy atom. The maximum atomic E-state index is 12.5. The maximum Gasteiger partial charge on any atom is 0.222 e. The van der Waals surface area contributed by atoms with Crippen molar-refractivity contribution in [3.8, 4) is 5.75 Å². The van der Waals surface area contributed by atoms with Gasteiger partial charge in [-0.3, -0.25) is 4.79 Å². The molecule has 0 bridgehead atoms. The topological polar surface area (TPSA) is 55.6 Å². The number of nitrogens with zero attached hydrogens (tertiary/aromatic N) is 1. The Bertz CT molecular complexity index is 685. The fraction of sp³-hybridized carbons (Fsp3) is 0.381. The monoisotopic (exact) mass is 338 g/mol. The fourth-order valence-corrected chi connectivity index (χ4v) is 3.48. The number of likely N-dealkylation sites (tertiary alicyclic amines) is 1. The van der Waals surface area contributed by atoms with Gasteiger partial charge >= 0.3 is 0 Å². The predicted molar refractivity (Wildman–Crippen MR) is 99.7 cm³/mol. The van der Waals surface area contributed by atoms with Gasteiger partial charge in [-0.05, 0) is 36.1 Å². The van der Waals surface area contributed by atoms with E-state index in [1.54, 1.807) is 7.11 Å². The highest BCUT2D eigenvalue weighted by Gasteiger charge is 2.33. The Labute approximate surface area is 149 Å². The lowest BCUT2D eigenvalue weighted by molar-refractivity contribution is -0.130. The molecule has 2 aromatic rings. The van der Waals surface area contributed by atoms with Gasteiger partial charge in [-0.25, -0.2) is 0 Å². The first-order valence-electron chi connectivity index (χ1n) is 8.88. The third kappa shape index (κ3) is 4.40. The number of carbonyl (C=O) groups excluding carboxylic acids is 1. The normalized spacial score (nSPS) is 19.8. The molecular formula is C21H26N2O2. The zero-order valence-electron chi connectivity index (χ0n) is 14.7. The summed E-state index contributed by atoms with van der Waals surface area (Å²) in [5.74, 6) is 1.31. The Kier molecular flexibility index (Phi) is 5.71. The van der Waals surface area contributed by atoms with Crippen molar-refractivity contribution in [3.63, 3.8) is 0 Å². The molecule has 4 heteroatoms. The van der Waals surface area contributed by atoms with E-state index in [-0.39, 0.29) is 17.9 Å². The van der Waals surface area contributed by atoms with Crippen molar-refractivity contribution >= 4 is 5.91 Å². The number of hydrogen-bond acceptors (Lipinski definition) is 3. The number of aryl methyl sites for hydroxylation is 1. The molecule has 0 spiro atoms. The molecule has 2 aromatic carbocycles. The van der Waals surface area contributed by atoms with Crippen LogP contribution in [0.5, 0.6) is 5.75 Å². The summed E-state index contributed by atoms with van der Waals surface area (Å²) in [6.07, 6.45) is 2.32. The van der Waals surface area contributed by atoms with E-state index in [1.165, 1.54) is 11.1 Å². The number of carbonyl (C=O) groups is 1. The van der Waals surface area contributed by atoms with E-state index in [1.807, 2.05) is 35.2 Å². The SMILES string of the molecule is COc1ccc(CCCC(=O)N2C[C@@H](N)[C@H](c3ccccc3)C2)cc1. The number of hydrogen-bond donors (Lipinski definition) is 1. The number of methoxy groups -OCH3 is 1. The smallest absolute Gasteiger partial charge is 0.222 e. The molecule has 1 saturated heterocycles. The van der Waals surface area contributed by atoms with E-state index in [9.17, 15) is 4.79 Å². The minimum atomic E-state index is 0.0212. The number of ether oxygens (including phenoxy) is 1. The van der Waals surface area contributed by atoms with E-state index < -0.39 is 0 Å². The van der Waals surface area contributed by atoms with E-state index in [4.69, 9.17) is 10.5 Å². The van der Waals surface area contributed by atoms with Gasteiger partial charge in [-0.2, -0.15) is 0 Å².